The number of aryl methyl sites for hydroxylation is 1. The molecular formula is C14H19N5O. The summed E-state index contributed by atoms with van der Waals surface area (Å²) in [7, 11) is 0. The third-order valence-electron chi connectivity index (χ3n) is 3.60. The smallest absolute Gasteiger partial charge is 0.223 e. The summed E-state index contributed by atoms with van der Waals surface area (Å²) in [5.74, 6) is 1.03. The van der Waals surface area contributed by atoms with Crippen molar-refractivity contribution < 1.29 is 4.79 Å². The maximum absolute atomic E-state index is 12.2. The highest BCUT2D eigenvalue weighted by Crippen LogP contribution is 2.10. The fourth-order valence-corrected chi connectivity index (χ4v) is 2.56. The number of fused-ring (bicyclic) bond motifs is 1. The Morgan fingerprint density at radius 3 is 3.25 bits per heavy atom. The summed E-state index contributed by atoms with van der Waals surface area (Å²) in [4.78, 5) is 25.9. The molecule has 2 aromatic heterocycles. The molecule has 1 aliphatic heterocycles. The van der Waals surface area contributed by atoms with E-state index in [1.54, 1.807) is 6.20 Å². The second kappa shape index (κ2) is 5.58. The van der Waals surface area contributed by atoms with Gasteiger partial charge in [-0.1, -0.05) is 0 Å². The van der Waals surface area contributed by atoms with E-state index in [-0.39, 0.29) is 5.91 Å². The summed E-state index contributed by atoms with van der Waals surface area (Å²) >= 11 is 0. The Balaban J connectivity index is 1.59. The van der Waals surface area contributed by atoms with Crippen LogP contribution in [0.2, 0.25) is 0 Å². The largest absolute Gasteiger partial charge is 0.341 e. The number of hydrogen-bond donors (Lipinski definition) is 2. The van der Waals surface area contributed by atoms with Crippen molar-refractivity contribution in [3.63, 3.8) is 0 Å². The van der Waals surface area contributed by atoms with E-state index in [4.69, 9.17) is 0 Å². The Morgan fingerprint density at radius 1 is 1.55 bits per heavy atom. The maximum atomic E-state index is 12.2. The highest BCUT2D eigenvalue weighted by molar-refractivity contribution is 5.77. The van der Waals surface area contributed by atoms with Crippen molar-refractivity contribution in [2.24, 2.45) is 0 Å². The first-order chi connectivity index (χ1) is 9.72. The topological polar surface area (TPSA) is 73.9 Å². The lowest BCUT2D eigenvalue weighted by Gasteiger charge is -2.31. The predicted molar refractivity (Wildman–Crippen MR) is 76.3 cm³/mol. The molecule has 1 fully saturated rings. The molecule has 0 spiro atoms. The number of aromatic nitrogens is 3. The number of carbonyl (C=O) groups is 1. The minimum absolute atomic E-state index is 0.201. The van der Waals surface area contributed by atoms with Crippen LogP contribution in [0.5, 0.6) is 0 Å². The molecule has 3 heterocycles. The Labute approximate surface area is 117 Å². The van der Waals surface area contributed by atoms with Gasteiger partial charge in [-0.3, -0.25) is 4.79 Å². The van der Waals surface area contributed by atoms with Gasteiger partial charge in [0.2, 0.25) is 5.91 Å². The summed E-state index contributed by atoms with van der Waals surface area (Å²) in [6.07, 6.45) is 2.85. The van der Waals surface area contributed by atoms with Gasteiger partial charge in [0.15, 0.2) is 5.65 Å². The van der Waals surface area contributed by atoms with E-state index in [1.165, 1.54) is 0 Å². The molecule has 0 unspecified atom stereocenters. The molecule has 20 heavy (non-hydrogen) atoms. The summed E-state index contributed by atoms with van der Waals surface area (Å²) in [5.41, 5.74) is 1.64. The molecule has 3 rings (SSSR count). The number of aromatic amines is 1. The van der Waals surface area contributed by atoms with Crippen LogP contribution in [0.4, 0.5) is 0 Å². The lowest BCUT2D eigenvalue weighted by molar-refractivity contribution is -0.132. The standard InChI is InChI=1S/C14H19N5O/c1-10-9-19(8-7-15-10)13(20)5-4-12-17-11-3-2-6-16-14(11)18-12/h2-3,6,10,15H,4-5,7-9H2,1H3,(H,16,17,18)/t10-/m1/s1. The molecule has 1 amide bonds. The van der Waals surface area contributed by atoms with Crippen molar-refractivity contribution >= 4 is 17.1 Å². The second-order valence-corrected chi connectivity index (χ2v) is 5.25. The molecule has 2 aromatic rings. The van der Waals surface area contributed by atoms with Crippen LogP contribution in [-0.2, 0) is 11.2 Å². The number of nitrogens with one attached hydrogen (secondary N) is 2. The van der Waals surface area contributed by atoms with Crippen molar-refractivity contribution in [2.75, 3.05) is 19.6 Å². The zero-order valence-corrected chi connectivity index (χ0v) is 11.6. The number of imidazole rings is 1. The van der Waals surface area contributed by atoms with E-state index in [2.05, 4.69) is 27.2 Å². The van der Waals surface area contributed by atoms with Crippen molar-refractivity contribution in [1.82, 2.24) is 25.2 Å². The lowest BCUT2D eigenvalue weighted by Crippen LogP contribution is -2.51. The molecule has 1 atom stereocenters. The highest BCUT2D eigenvalue weighted by Gasteiger charge is 2.20. The van der Waals surface area contributed by atoms with Gasteiger partial charge in [-0.2, -0.15) is 0 Å². The van der Waals surface area contributed by atoms with Crippen molar-refractivity contribution in [3.05, 3.63) is 24.2 Å². The second-order valence-electron chi connectivity index (χ2n) is 5.25. The molecule has 1 aliphatic rings. The number of amides is 1. The van der Waals surface area contributed by atoms with E-state index in [1.807, 2.05) is 17.0 Å². The fraction of sp³-hybridized carbons (Fsp3) is 0.500. The Kier molecular flexibility index (Phi) is 3.64. The number of carbonyl (C=O) groups excluding carboxylic acids is 1. The maximum Gasteiger partial charge on any atom is 0.223 e. The van der Waals surface area contributed by atoms with Crippen LogP contribution in [0.15, 0.2) is 18.3 Å². The zero-order chi connectivity index (χ0) is 13.9. The van der Waals surface area contributed by atoms with Crippen LogP contribution in [0.25, 0.3) is 11.2 Å². The Hall–Kier alpha value is -1.95. The van der Waals surface area contributed by atoms with Crippen molar-refractivity contribution in [1.29, 1.82) is 0 Å². The molecule has 1 saturated heterocycles. The summed E-state index contributed by atoms with van der Waals surface area (Å²) in [6, 6.07) is 4.19. The van der Waals surface area contributed by atoms with Crippen LogP contribution < -0.4 is 5.32 Å². The third-order valence-corrected chi connectivity index (χ3v) is 3.60. The van der Waals surface area contributed by atoms with Gasteiger partial charge in [0, 0.05) is 44.7 Å². The number of hydrogen-bond acceptors (Lipinski definition) is 4. The average molecular weight is 273 g/mol. The van der Waals surface area contributed by atoms with E-state index in [9.17, 15) is 4.79 Å². The van der Waals surface area contributed by atoms with Crippen LogP contribution in [0.3, 0.4) is 0 Å². The minimum atomic E-state index is 0.201. The number of H-pyrrole nitrogens is 1. The van der Waals surface area contributed by atoms with Gasteiger partial charge in [0.1, 0.15) is 5.82 Å². The third kappa shape index (κ3) is 2.80. The normalized spacial score (nSPS) is 19.4. The van der Waals surface area contributed by atoms with Crippen LogP contribution in [0, 0.1) is 0 Å². The lowest BCUT2D eigenvalue weighted by atomic mass is 10.2. The Bertz CT molecular complexity index is 575. The predicted octanol–water partition coefficient (Wildman–Crippen LogP) is 0.711. The molecule has 2 N–H and O–H groups in total. The average Bonchev–Trinajstić information content (AvgIpc) is 2.87. The van der Waals surface area contributed by atoms with Crippen molar-refractivity contribution in [3.8, 4) is 0 Å². The molecule has 0 saturated carbocycles. The molecule has 106 valence electrons. The minimum Gasteiger partial charge on any atom is -0.341 e. The molecule has 6 heteroatoms. The number of pyridine rings is 1. The van der Waals surface area contributed by atoms with Gasteiger partial charge in [-0.15, -0.1) is 0 Å². The monoisotopic (exact) mass is 273 g/mol. The van der Waals surface area contributed by atoms with Gasteiger partial charge in [-0.25, -0.2) is 9.97 Å². The summed E-state index contributed by atoms with van der Waals surface area (Å²) in [5, 5.41) is 3.34. The summed E-state index contributed by atoms with van der Waals surface area (Å²) in [6.45, 7) is 4.57. The SMILES string of the molecule is C[C@@H]1CN(C(=O)CCc2nc3ncccc3[nH]2)CCN1. The van der Waals surface area contributed by atoms with Gasteiger partial charge in [0.05, 0.1) is 5.52 Å². The number of piperazine rings is 1. The number of rotatable bonds is 3. The first-order valence-electron chi connectivity index (χ1n) is 7.03. The number of nitrogens with zero attached hydrogens (tertiary/aromatic N) is 3. The van der Waals surface area contributed by atoms with Gasteiger partial charge >= 0.3 is 0 Å². The van der Waals surface area contributed by atoms with Gasteiger partial charge < -0.3 is 15.2 Å². The quantitative estimate of drug-likeness (QED) is 0.864. The Morgan fingerprint density at radius 2 is 2.45 bits per heavy atom. The fourth-order valence-electron chi connectivity index (χ4n) is 2.56. The molecule has 0 aliphatic carbocycles. The van der Waals surface area contributed by atoms with Crippen LogP contribution in [-0.4, -0.2) is 51.4 Å². The zero-order valence-electron chi connectivity index (χ0n) is 11.6. The van der Waals surface area contributed by atoms with E-state index in [0.29, 0.717) is 24.5 Å². The molecule has 6 nitrogen and oxygen atoms in total. The van der Waals surface area contributed by atoms with Gasteiger partial charge in [-0.05, 0) is 19.1 Å². The summed E-state index contributed by atoms with van der Waals surface area (Å²) < 4.78 is 0. The van der Waals surface area contributed by atoms with E-state index >= 15 is 0 Å². The van der Waals surface area contributed by atoms with E-state index < -0.39 is 0 Å². The van der Waals surface area contributed by atoms with Gasteiger partial charge in [0.25, 0.3) is 0 Å². The highest BCUT2D eigenvalue weighted by atomic mass is 16.2. The molecule has 0 bridgehead atoms. The van der Waals surface area contributed by atoms with Crippen LogP contribution in [0.1, 0.15) is 19.2 Å². The van der Waals surface area contributed by atoms with Crippen molar-refractivity contribution in [2.45, 2.75) is 25.8 Å². The van der Waals surface area contributed by atoms with E-state index in [0.717, 1.165) is 31.0 Å². The first kappa shape index (κ1) is 13.1. The first-order valence-corrected chi connectivity index (χ1v) is 7.03. The molecular weight excluding hydrogens is 254 g/mol. The molecule has 0 radical (unpaired) electrons. The molecule has 0 aromatic carbocycles. The van der Waals surface area contributed by atoms with Crippen LogP contribution >= 0.6 is 0 Å².